The number of fused-ring (bicyclic) bond motifs is 1. The van der Waals surface area contributed by atoms with E-state index in [0.717, 1.165) is 6.42 Å². The van der Waals surface area contributed by atoms with Gasteiger partial charge in [-0.25, -0.2) is 0 Å². The number of esters is 1. The predicted octanol–water partition coefficient (Wildman–Crippen LogP) is 0.829. The van der Waals surface area contributed by atoms with Gasteiger partial charge < -0.3 is 9.47 Å². The number of carbonyl (C=O) groups is 1. The maximum Gasteiger partial charge on any atom is 0.312 e. The molecule has 0 radical (unpaired) electrons. The molecule has 72 valence electrons. The van der Waals surface area contributed by atoms with Crippen LogP contribution in [0.1, 0.15) is 13.3 Å². The van der Waals surface area contributed by atoms with Gasteiger partial charge in [0.2, 0.25) is 0 Å². The molecule has 2 aliphatic carbocycles. The number of hydrogen-bond donors (Lipinski definition) is 0. The highest BCUT2D eigenvalue weighted by molar-refractivity contribution is 5.77. The van der Waals surface area contributed by atoms with Crippen molar-refractivity contribution in [3.05, 3.63) is 0 Å². The molecule has 1 aliphatic heterocycles. The lowest BCUT2D eigenvalue weighted by Gasteiger charge is -2.28. The fraction of sp³-hybridized carbons (Fsp3) is 0.900. The Hall–Kier alpha value is -0.570. The highest BCUT2D eigenvalue weighted by Gasteiger charge is 2.65. The van der Waals surface area contributed by atoms with Crippen LogP contribution in [0.3, 0.4) is 0 Å². The number of ether oxygens (including phenoxy) is 2. The second-order valence-corrected chi connectivity index (χ2v) is 4.55. The van der Waals surface area contributed by atoms with Crippen molar-refractivity contribution in [2.24, 2.45) is 23.7 Å². The zero-order chi connectivity index (χ0) is 9.16. The van der Waals surface area contributed by atoms with Gasteiger partial charge in [0.25, 0.3) is 0 Å². The van der Waals surface area contributed by atoms with Crippen molar-refractivity contribution in [2.45, 2.75) is 25.6 Å². The first-order valence-corrected chi connectivity index (χ1v) is 4.97. The standard InChI is InChI=1S/C10H14O3/c1-4-5-3-6-7(9(5)12-2)10(11)13-8(4)6/h4-9H,3H2,1-2H3. The molecule has 1 saturated heterocycles. The molecule has 6 atom stereocenters. The maximum absolute atomic E-state index is 11.5. The minimum atomic E-state index is -0.0197. The topological polar surface area (TPSA) is 35.5 Å². The lowest BCUT2D eigenvalue weighted by atomic mass is 9.81. The molecule has 6 unspecified atom stereocenters. The molecule has 2 bridgehead atoms. The summed E-state index contributed by atoms with van der Waals surface area (Å²) >= 11 is 0. The Bertz CT molecular complexity index is 263. The maximum atomic E-state index is 11.5. The molecule has 2 saturated carbocycles. The second-order valence-electron chi connectivity index (χ2n) is 4.55. The fourth-order valence-electron chi connectivity index (χ4n) is 3.63. The van der Waals surface area contributed by atoms with Crippen LogP contribution in [0.15, 0.2) is 0 Å². The first-order valence-electron chi connectivity index (χ1n) is 4.97. The van der Waals surface area contributed by atoms with Gasteiger partial charge in [-0.2, -0.15) is 0 Å². The van der Waals surface area contributed by atoms with Gasteiger partial charge in [0, 0.05) is 13.0 Å². The molecule has 3 nitrogen and oxygen atoms in total. The summed E-state index contributed by atoms with van der Waals surface area (Å²) in [6, 6.07) is 0. The van der Waals surface area contributed by atoms with E-state index in [2.05, 4.69) is 6.92 Å². The summed E-state index contributed by atoms with van der Waals surface area (Å²) in [6.45, 7) is 2.18. The molecule has 3 rings (SSSR count). The summed E-state index contributed by atoms with van der Waals surface area (Å²) in [7, 11) is 1.71. The highest BCUT2D eigenvalue weighted by atomic mass is 16.6. The van der Waals surface area contributed by atoms with Crippen molar-refractivity contribution < 1.29 is 14.3 Å². The number of rotatable bonds is 1. The van der Waals surface area contributed by atoms with Crippen LogP contribution in [0.2, 0.25) is 0 Å². The third-order valence-electron chi connectivity index (χ3n) is 4.19. The summed E-state index contributed by atoms with van der Waals surface area (Å²) in [6.07, 6.45) is 1.46. The molecule has 0 amide bonds. The minimum absolute atomic E-state index is 0.0197. The quantitative estimate of drug-likeness (QED) is 0.563. The molecule has 0 N–H and O–H groups in total. The van der Waals surface area contributed by atoms with Crippen LogP contribution in [0.25, 0.3) is 0 Å². The van der Waals surface area contributed by atoms with Crippen molar-refractivity contribution in [3.63, 3.8) is 0 Å². The zero-order valence-corrected chi connectivity index (χ0v) is 7.90. The van der Waals surface area contributed by atoms with Crippen molar-refractivity contribution in [2.75, 3.05) is 7.11 Å². The molecule has 1 heterocycles. The van der Waals surface area contributed by atoms with E-state index in [1.54, 1.807) is 7.11 Å². The Balaban J connectivity index is 2.01. The van der Waals surface area contributed by atoms with Crippen molar-refractivity contribution in [1.82, 2.24) is 0 Å². The average molecular weight is 182 g/mol. The van der Waals surface area contributed by atoms with Crippen LogP contribution in [0, 0.1) is 23.7 Å². The Morgan fingerprint density at radius 1 is 1.46 bits per heavy atom. The Labute approximate surface area is 77.4 Å². The van der Waals surface area contributed by atoms with Crippen molar-refractivity contribution in [1.29, 1.82) is 0 Å². The van der Waals surface area contributed by atoms with Crippen LogP contribution in [-0.4, -0.2) is 25.3 Å². The van der Waals surface area contributed by atoms with Crippen LogP contribution in [0.4, 0.5) is 0 Å². The van der Waals surface area contributed by atoms with Crippen LogP contribution < -0.4 is 0 Å². The normalized spacial score (nSPS) is 57.2. The monoisotopic (exact) mass is 182 g/mol. The minimum Gasteiger partial charge on any atom is -0.461 e. The predicted molar refractivity (Wildman–Crippen MR) is 44.9 cm³/mol. The molecular weight excluding hydrogens is 168 g/mol. The van der Waals surface area contributed by atoms with E-state index in [1.165, 1.54) is 0 Å². The molecule has 0 spiro atoms. The summed E-state index contributed by atoms with van der Waals surface area (Å²) in [5.74, 6) is 1.54. The SMILES string of the molecule is COC1C2CC3C(OC(=O)C31)C2C. The fourth-order valence-corrected chi connectivity index (χ4v) is 3.63. The van der Waals surface area contributed by atoms with E-state index < -0.39 is 0 Å². The zero-order valence-electron chi connectivity index (χ0n) is 7.90. The summed E-state index contributed by atoms with van der Waals surface area (Å²) in [4.78, 5) is 11.5. The largest absolute Gasteiger partial charge is 0.461 e. The second kappa shape index (κ2) is 2.27. The molecule has 0 aromatic rings. The van der Waals surface area contributed by atoms with Crippen LogP contribution in [0.5, 0.6) is 0 Å². The smallest absolute Gasteiger partial charge is 0.312 e. The van der Waals surface area contributed by atoms with Crippen LogP contribution in [-0.2, 0) is 14.3 Å². The lowest BCUT2D eigenvalue weighted by Crippen LogP contribution is -2.36. The highest BCUT2D eigenvalue weighted by Crippen LogP contribution is 2.57. The van der Waals surface area contributed by atoms with E-state index in [0.29, 0.717) is 17.8 Å². The number of carbonyl (C=O) groups excluding carboxylic acids is 1. The first-order chi connectivity index (χ1) is 6.24. The molecule has 3 heteroatoms. The molecule has 0 aromatic carbocycles. The molecule has 0 aromatic heterocycles. The van der Waals surface area contributed by atoms with Crippen LogP contribution >= 0.6 is 0 Å². The van der Waals surface area contributed by atoms with E-state index in [1.807, 2.05) is 0 Å². The van der Waals surface area contributed by atoms with Gasteiger partial charge in [0.15, 0.2) is 0 Å². The van der Waals surface area contributed by atoms with Crippen molar-refractivity contribution in [3.8, 4) is 0 Å². The Morgan fingerprint density at radius 3 is 2.92 bits per heavy atom. The Morgan fingerprint density at radius 2 is 2.23 bits per heavy atom. The van der Waals surface area contributed by atoms with Gasteiger partial charge in [-0.1, -0.05) is 6.92 Å². The molecule has 3 aliphatic rings. The van der Waals surface area contributed by atoms with E-state index in [-0.39, 0.29) is 24.1 Å². The first kappa shape index (κ1) is 7.80. The van der Waals surface area contributed by atoms with Gasteiger partial charge in [-0.15, -0.1) is 0 Å². The summed E-state index contributed by atoms with van der Waals surface area (Å²) < 4.78 is 10.8. The number of hydrogen-bond acceptors (Lipinski definition) is 3. The number of methoxy groups -OCH3 is 1. The third-order valence-corrected chi connectivity index (χ3v) is 4.19. The Kier molecular flexibility index (Phi) is 1.36. The molecule has 13 heavy (non-hydrogen) atoms. The average Bonchev–Trinajstić information content (AvgIpc) is 2.68. The van der Waals surface area contributed by atoms with Gasteiger partial charge >= 0.3 is 5.97 Å². The molecular formula is C10H14O3. The van der Waals surface area contributed by atoms with Gasteiger partial charge in [0.1, 0.15) is 6.10 Å². The molecule has 3 fully saturated rings. The van der Waals surface area contributed by atoms with E-state index >= 15 is 0 Å². The van der Waals surface area contributed by atoms with Gasteiger partial charge in [0.05, 0.1) is 12.0 Å². The summed E-state index contributed by atoms with van der Waals surface area (Å²) in [5, 5.41) is 0. The lowest BCUT2D eigenvalue weighted by molar-refractivity contribution is -0.145. The van der Waals surface area contributed by atoms with Gasteiger partial charge in [-0.05, 0) is 18.3 Å². The summed E-state index contributed by atoms with van der Waals surface area (Å²) in [5.41, 5.74) is 0. The van der Waals surface area contributed by atoms with Gasteiger partial charge in [-0.3, -0.25) is 4.79 Å². The third kappa shape index (κ3) is 0.725. The van der Waals surface area contributed by atoms with E-state index in [4.69, 9.17) is 9.47 Å². The van der Waals surface area contributed by atoms with E-state index in [9.17, 15) is 4.79 Å². The van der Waals surface area contributed by atoms with Crippen molar-refractivity contribution >= 4 is 5.97 Å².